The monoisotopic (exact) mass is 295 g/mol. The van der Waals surface area contributed by atoms with E-state index in [2.05, 4.69) is 38.3 Å². The van der Waals surface area contributed by atoms with Gasteiger partial charge in [0, 0.05) is 23.0 Å². The molecule has 0 atom stereocenters. The molecule has 0 aliphatic heterocycles. The summed E-state index contributed by atoms with van der Waals surface area (Å²) in [5.41, 5.74) is 0.950. The van der Waals surface area contributed by atoms with E-state index in [1.165, 1.54) is 0 Å². The van der Waals surface area contributed by atoms with E-state index < -0.39 is 0 Å². The van der Waals surface area contributed by atoms with Crippen LogP contribution in [0, 0.1) is 0 Å². The van der Waals surface area contributed by atoms with Gasteiger partial charge in [0.25, 0.3) is 0 Å². The normalized spacial score (nSPS) is 10.7. The van der Waals surface area contributed by atoms with Gasteiger partial charge in [-0.05, 0) is 18.7 Å². The van der Waals surface area contributed by atoms with E-state index in [-0.39, 0.29) is 0 Å². The topological polar surface area (TPSA) is 51.0 Å². The molecule has 1 heterocycles. The van der Waals surface area contributed by atoms with E-state index in [1.807, 2.05) is 24.3 Å². The molecule has 1 aromatic heterocycles. The Morgan fingerprint density at radius 3 is 2.94 bits per heavy atom. The molecule has 0 aliphatic carbocycles. The highest BCUT2D eigenvalue weighted by molar-refractivity contribution is 9.10. The molecule has 0 saturated carbocycles. The standard InChI is InChI=1S/C12H14BrN3O/c1-2-14-8-7-11-15-12(16-17-11)9-5-3-4-6-10(9)13/h3-6,14H,2,7-8H2,1H3. The highest BCUT2D eigenvalue weighted by Gasteiger charge is 2.10. The summed E-state index contributed by atoms with van der Waals surface area (Å²) in [5.74, 6) is 1.29. The van der Waals surface area contributed by atoms with Gasteiger partial charge in [0.1, 0.15) is 0 Å². The van der Waals surface area contributed by atoms with Crippen LogP contribution in [-0.4, -0.2) is 23.2 Å². The predicted octanol–water partition coefficient (Wildman–Crippen LogP) is 2.65. The van der Waals surface area contributed by atoms with Gasteiger partial charge in [-0.1, -0.05) is 40.1 Å². The molecule has 4 nitrogen and oxygen atoms in total. The molecule has 0 fully saturated rings. The van der Waals surface area contributed by atoms with Crippen molar-refractivity contribution < 1.29 is 4.52 Å². The van der Waals surface area contributed by atoms with Crippen LogP contribution < -0.4 is 5.32 Å². The van der Waals surface area contributed by atoms with Gasteiger partial charge in [0.05, 0.1) is 0 Å². The maximum Gasteiger partial charge on any atom is 0.228 e. The molecule has 5 heteroatoms. The van der Waals surface area contributed by atoms with Crippen molar-refractivity contribution in [2.45, 2.75) is 13.3 Å². The molecule has 0 bridgehead atoms. The number of hydrogen-bond acceptors (Lipinski definition) is 4. The number of aromatic nitrogens is 2. The Morgan fingerprint density at radius 1 is 1.35 bits per heavy atom. The summed E-state index contributed by atoms with van der Waals surface area (Å²) in [6, 6.07) is 7.83. The maximum absolute atomic E-state index is 5.20. The number of nitrogens with zero attached hydrogens (tertiary/aromatic N) is 2. The maximum atomic E-state index is 5.20. The molecule has 2 aromatic rings. The van der Waals surface area contributed by atoms with E-state index in [1.54, 1.807) is 0 Å². The summed E-state index contributed by atoms with van der Waals surface area (Å²) in [5, 5.41) is 7.20. The zero-order chi connectivity index (χ0) is 12.1. The smallest absolute Gasteiger partial charge is 0.228 e. The Balaban J connectivity index is 2.10. The molecule has 0 unspecified atom stereocenters. The van der Waals surface area contributed by atoms with Gasteiger partial charge in [-0.15, -0.1) is 0 Å². The van der Waals surface area contributed by atoms with Crippen LogP contribution in [0.3, 0.4) is 0 Å². The lowest BCUT2D eigenvalue weighted by Crippen LogP contribution is -2.16. The second-order valence-corrected chi connectivity index (χ2v) is 4.45. The van der Waals surface area contributed by atoms with Crippen molar-refractivity contribution in [1.29, 1.82) is 0 Å². The fraction of sp³-hybridized carbons (Fsp3) is 0.333. The van der Waals surface area contributed by atoms with E-state index in [0.29, 0.717) is 11.7 Å². The van der Waals surface area contributed by atoms with Crippen LogP contribution in [0.1, 0.15) is 12.8 Å². The molecule has 0 saturated heterocycles. The molecular formula is C12H14BrN3O. The van der Waals surface area contributed by atoms with Crippen molar-refractivity contribution in [3.8, 4) is 11.4 Å². The minimum atomic E-state index is 0.629. The summed E-state index contributed by atoms with van der Waals surface area (Å²) < 4.78 is 6.17. The summed E-state index contributed by atoms with van der Waals surface area (Å²) >= 11 is 3.47. The van der Waals surface area contributed by atoms with Crippen LogP contribution in [0.5, 0.6) is 0 Å². The fourth-order valence-corrected chi connectivity index (χ4v) is 1.94. The van der Waals surface area contributed by atoms with Gasteiger partial charge in [0.2, 0.25) is 11.7 Å². The second-order valence-electron chi connectivity index (χ2n) is 3.60. The van der Waals surface area contributed by atoms with Gasteiger partial charge in [-0.25, -0.2) is 0 Å². The Kier molecular flexibility index (Phi) is 4.28. The van der Waals surface area contributed by atoms with E-state index >= 15 is 0 Å². The van der Waals surface area contributed by atoms with Crippen molar-refractivity contribution in [1.82, 2.24) is 15.5 Å². The van der Waals surface area contributed by atoms with Crippen molar-refractivity contribution in [3.63, 3.8) is 0 Å². The summed E-state index contributed by atoms with van der Waals surface area (Å²) in [4.78, 5) is 4.37. The van der Waals surface area contributed by atoms with Crippen LogP contribution in [0.2, 0.25) is 0 Å². The zero-order valence-electron chi connectivity index (χ0n) is 9.61. The lowest BCUT2D eigenvalue weighted by atomic mass is 10.2. The minimum absolute atomic E-state index is 0.629. The average Bonchev–Trinajstić information content (AvgIpc) is 2.79. The van der Waals surface area contributed by atoms with Crippen LogP contribution in [0.25, 0.3) is 11.4 Å². The summed E-state index contributed by atoms with van der Waals surface area (Å²) in [6.45, 7) is 3.87. The van der Waals surface area contributed by atoms with Crippen LogP contribution in [0.15, 0.2) is 33.3 Å². The molecule has 17 heavy (non-hydrogen) atoms. The number of likely N-dealkylation sites (N-methyl/N-ethyl adjacent to an activating group) is 1. The first-order valence-corrected chi connectivity index (χ1v) is 6.38. The summed E-state index contributed by atoms with van der Waals surface area (Å²) in [7, 11) is 0. The average molecular weight is 296 g/mol. The van der Waals surface area contributed by atoms with Gasteiger partial charge in [-0.2, -0.15) is 4.98 Å². The van der Waals surface area contributed by atoms with E-state index in [4.69, 9.17) is 4.52 Å². The van der Waals surface area contributed by atoms with Crippen LogP contribution in [-0.2, 0) is 6.42 Å². The van der Waals surface area contributed by atoms with Crippen molar-refractivity contribution in [2.75, 3.05) is 13.1 Å². The molecule has 1 N–H and O–H groups in total. The Morgan fingerprint density at radius 2 is 2.18 bits per heavy atom. The second kappa shape index (κ2) is 5.93. The van der Waals surface area contributed by atoms with Crippen molar-refractivity contribution in [3.05, 3.63) is 34.6 Å². The number of halogens is 1. The molecule has 0 aliphatic rings. The van der Waals surface area contributed by atoms with E-state index in [0.717, 1.165) is 29.5 Å². The third kappa shape index (κ3) is 3.14. The number of benzene rings is 1. The van der Waals surface area contributed by atoms with Gasteiger partial charge in [0.15, 0.2) is 0 Å². The molecule has 90 valence electrons. The first kappa shape index (κ1) is 12.3. The van der Waals surface area contributed by atoms with E-state index in [9.17, 15) is 0 Å². The van der Waals surface area contributed by atoms with Crippen LogP contribution in [0.4, 0.5) is 0 Å². The quantitative estimate of drug-likeness (QED) is 0.862. The van der Waals surface area contributed by atoms with Gasteiger partial charge < -0.3 is 9.84 Å². The Labute approximate surface area is 109 Å². The number of nitrogens with one attached hydrogen (secondary N) is 1. The third-order valence-electron chi connectivity index (χ3n) is 2.35. The fourth-order valence-electron chi connectivity index (χ4n) is 1.48. The van der Waals surface area contributed by atoms with Gasteiger partial charge in [-0.3, -0.25) is 0 Å². The molecule has 0 radical (unpaired) electrons. The lowest BCUT2D eigenvalue weighted by molar-refractivity contribution is 0.377. The zero-order valence-corrected chi connectivity index (χ0v) is 11.2. The van der Waals surface area contributed by atoms with Crippen LogP contribution >= 0.6 is 15.9 Å². The molecule has 2 rings (SSSR count). The molecular weight excluding hydrogens is 282 g/mol. The first-order valence-electron chi connectivity index (χ1n) is 5.59. The molecule has 1 aromatic carbocycles. The highest BCUT2D eigenvalue weighted by atomic mass is 79.9. The molecule has 0 amide bonds. The first-order chi connectivity index (χ1) is 8.31. The largest absolute Gasteiger partial charge is 0.339 e. The highest BCUT2D eigenvalue weighted by Crippen LogP contribution is 2.25. The third-order valence-corrected chi connectivity index (χ3v) is 3.04. The summed E-state index contributed by atoms with van der Waals surface area (Å²) in [6.07, 6.45) is 0.755. The number of hydrogen-bond donors (Lipinski definition) is 1. The van der Waals surface area contributed by atoms with Crippen molar-refractivity contribution >= 4 is 15.9 Å². The Hall–Kier alpha value is -1.20. The molecule has 0 spiro atoms. The number of rotatable bonds is 5. The van der Waals surface area contributed by atoms with Gasteiger partial charge >= 0.3 is 0 Å². The Bertz CT molecular complexity index is 484. The van der Waals surface area contributed by atoms with Crippen molar-refractivity contribution in [2.24, 2.45) is 0 Å². The minimum Gasteiger partial charge on any atom is -0.339 e. The SMILES string of the molecule is CCNCCc1nc(-c2ccccc2Br)no1. The predicted molar refractivity (Wildman–Crippen MR) is 69.7 cm³/mol. The lowest BCUT2D eigenvalue weighted by Gasteiger charge is -1.97.